The van der Waals surface area contributed by atoms with Gasteiger partial charge in [0.05, 0.1) is 22.7 Å². The summed E-state index contributed by atoms with van der Waals surface area (Å²) in [5.41, 5.74) is 0.971. The molecule has 0 radical (unpaired) electrons. The molecule has 2 aromatic carbocycles. The summed E-state index contributed by atoms with van der Waals surface area (Å²) in [5.74, 6) is -1.01. The molecule has 0 atom stereocenters. The van der Waals surface area contributed by atoms with E-state index in [0.29, 0.717) is 11.4 Å². The van der Waals surface area contributed by atoms with Crippen molar-refractivity contribution in [2.45, 2.75) is 11.3 Å². The maximum Gasteiger partial charge on any atom is 0.307 e. The lowest BCUT2D eigenvalue weighted by molar-refractivity contribution is -0.136. The fraction of sp³-hybridized carbons (Fsp3) is 0.0526. The van der Waals surface area contributed by atoms with Gasteiger partial charge in [-0.1, -0.05) is 6.07 Å². The van der Waals surface area contributed by atoms with Crippen LogP contribution in [0.2, 0.25) is 0 Å². The summed E-state index contributed by atoms with van der Waals surface area (Å²) < 4.78 is 27.1. The molecule has 1 aromatic heterocycles. The molecule has 0 aliphatic carbocycles. The van der Waals surface area contributed by atoms with Gasteiger partial charge in [-0.3, -0.25) is 9.52 Å². The largest absolute Gasteiger partial charge is 0.508 e. The van der Waals surface area contributed by atoms with Crippen LogP contribution in [0.4, 0.5) is 17.2 Å². The van der Waals surface area contributed by atoms with Crippen LogP contribution in [-0.4, -0.2) is 29.6 Å². The zero-order valence-electron chi connectivity index (χ0n) is 14.9. The van der Waals surface area contributed by atoms with Crippen LogP contribution in [-0.2, 0) is 21.2 Å². The minimum absolute atomic E-state index is 0.0375. The number of carboxylic acids is 1. The van der Waals surface area contributed by atoms with Crippen molar-refractivity contribution >= 4 is 33.2 Å². The van der Waals surface area contributed by atoms with Crippen molar-refractivity contribution in [2.24, 2.45) is 10.2 Å². The third-order valence-corrected chi connectivity index (χ3v) is 5.11. The number of nitrogens with zero attached hydrogens (tertiary/aromatic N) is 3. The zero-order valence-corrected chi connectivity index (χ0v) is 15.7. The molecule has 0 amide bonds. The SMILES string of the molecule is O=C(O)Cc1cc(/N=N/c2ccc(S(=O)(=O)Nc3ccccn3)cc2)ccc1O. The number of aromatic nitrogens is 1. The maximum atomic E-state index is 12.4. The highest BCUT2D eigenvalue weighted by Gasteiger charge is 2.14. The number of rotatable bonds is 7. The molecule has 3 rings (SSSR count). The van der Waals surface area contributed by atoms with Crippen molar-refractivity contribution in [1.29, 1.82) is 0 Å². The first-order valence-corrected chi connectivity index (χ1v) is 9.81. The van der Waals surface area contributed by atoms with E-state index in [2.05, 4.69) is 19.9 Å². The van der Waals surface area contributed by atoms with E-state index >= 15 is 0 Å². The van der Waals surface area contributed by atoms with E-state index in [4.69, 9.17) is 5.11 Å². The number of carbonyl (C=O) groups is 1. The van der Waals surface area contributed by atoms with Gasteiger partial charge in [0, 0.05) is 11.8 Å². The fourth-order valence-corrected chi connectivity index (χ4v) is 3.37. The first-order valence-electron chi connectivity index (χ1n) is 8.33. The van der Waals surface area contributed by atoms with Gasteiger partial charge in [-0.25, -0.2) is 13.4 Å². The van der Waals surface area contributed by atoms with E-state index in [0.717, 1.165) is 0 Å². The zero-order chi connectivity index (χ0) is 20.9. The maximum absolute atomic E-state index is 12.4. The van der Waals surface area contributed by atoms with E-state index in [1.165, 1.54) is 54.7 Å². The van der Waals surface area contributed by atoms with Crippen LogP contribution in [0.5, 0.6) is 5.75 Å². The van der Waals surface area contributed by atoms with Crippen LogP contribution in [0.15, 0.2) is 82.0 Å². The smallest absolute Gasteiger partial charge is 0.307 e. The molecule has 0 saturated heterocycles. The normalized spacial score (nSPS) is 11.4. The Morgan fingerprint density at radius 1 is 1.00 bits per heavy atom. The van der Waals surface area contributed by atoms with E-state index in [1.807, 2.05) is 0 Å². The van der Waals surface area contributed by atoms with Crippen molar-refractivity contribution in [1.82, 2.24) is 4.98 Å². The summed E-state index contributed by atoms with van der Waals surface area (Å²) in [6.45, 7) is 0. The Hall–Kier alpha value is -3.79. The molecule has 10 heteroatoms. The molecule has 3 N–H and O–H groups in total. The first-order chi connectivity index (χ1) is 13.8. The highest BCUT2D eigenvalue weighted by molar-refractivity contribution is 7.92. The molecule has 29 heavy (non-hydrogen) atoms. The number of aliphatic carboxylic acids is 1. The molecule has 9 nitrogen and oxygen atoms in total. The number of anilines is 1. The predicted molar refractivity (Wildman–Crippen MR) is 105 cm³/mol. The minimum Gasteiger partial charge on any atom is -0.508 e. The molecular formula is C19H16N4O5S. The second kappa shape index (κ2) is 8.48. The van der Waals surface area contributed by atoms with E-state index in [-0.39, 0.29) is 28.4 Å². The van der Waals surface area contributed by atoms with E-state index < -0.39 is 16.0 Å². The molecule has 0 unspecified atom stereocenters. The lowest BCUT2D eigenvalue weighted by Crippen LogP contribution is -2.13. The van der Waals surface area contributed by atoms with Crippen molar-refractivity contribution in [3.05, 3.63) is 72.4 Å². The second-order valence-corrected chi connectivity index (χ2v) is 7.58. The summed E-state index contributed by atoms with van der Waals surface area (Å²) in [4.78, 5) is 14.8. The molecular weight excluding hydrogens is 396 g/mol. The molecule has 3 aromatic rings. The van der Waals surface area contributed by atoms with Gasteiger partial charge in [0.2, 0.25) is 0 Å². The molecule has 0 fully saturated rings. The van der Waals surface area contributed by atoms with Crippen LogP contribution in [0.1, 0.15) is 5.56 Å². The van der Waals surface area contributed by atoms with Gasteiger partial charge in [0.25, 0.3) is 10.0 Å². The van der Waals surface area contributed by atoms with Gasteiger partial charge in [0.1, 0.15) is 11.6 Å². The van der Waals surface area contributed by atoms with Crippen LogP contribution in [0.25, 0.3) is 0 Å². The number of sulfonamides is 1. The van der Waals surface area contributed by atoms with Crippen molar-refractivity contribution in [3.8, 4) is 5.75 Å². The number of nitrogens with one attached hydrogen (secondary N) is 1. The lowest BCUT2D eigenvalue weighted by atomic mass is 10.1. The molecule has 0 aliphatic heterocycles. The van der Waals surface area contributed by atoms with Crippen LogP contribution in [0.3, 0.4) is 0 Å². The standard InChI is InChI=1S/C19H16N4O5S/c24-17-9-6-15(11-13(17)12-19(25)26)22-21-14-4-7-16(8-5-14)29(27,28)23-18-3-1-2-10-20-18/h1-11,24H,12H2,(H,20,23)(H,25,26)/b22-21+. The van der Waals surface area contributed by atoms with Gasteiger partial charge in [-0.15, -0.1) is 0 Å². The highest BCUT2D eigenvalue weighted by atomic mass is 32.2. The highest BCUT2D eigenvalue weighted by Crippen LogP contribution is 2.26. The number of hydrogen-bond acceptors (Lipinski definition) is 7. The third-order valence-electron chi connectivity index (χ3n) is 3.74. The predicted octanol–water partition coefficient (Wildman–Crippen LogP) is 3.63. The molecule has 0 spiro atoms. The first kappa shape index (κ1) is 20.0. The Kier molecular flexibility index (Phi) is 5.84. The van der Waals surface area contributed by atoms with Gasteiger partial charge in [-0.05, 0) is 54.6 Å². The average molecular weight is 412 g/mol. The van der Waals surface area contributed by atoms with E-state index in [9.17, 15) is 18.3 Å². The summed E-state index contributed by atoms with van der Waals surface area (Å²) in [6.07, 6.45) is 1.14. The Labute approximate surface area is 166 Å². The number of carboxylic acid groups (broad SMARTS) is 1. The van der Waals surface area contributed by atoms with Crippen LogP contribution >= 0.6 is 0 Å². The molecule has 0 saturated carbocycles. The number of pyridine rings is 1. The molecule has 0 bridgehead atoms. The Bertz CT molecular complexity index is 1150. The summed E-state index contributed by atoms with van der Waals surface area (Å²) in [6, 6.07) is 14.9. The summed E-state index contributed by atoms with van der Waals surface area (Å²) >= 11 is 0. The molecule has 148 valence electrons. The van der Waals surface area contributed by atoms with Crippen LogP contribution < -0.4 is 4.72 Å². The van der Waals surface area contributed by atoms with Gasteiger partial charge in [0.15, 0.2) is 0 Å². The number of phenols is 1. The van der Waals surface area contributed by atoms with E-state index in [1.54, 1.807) is 12.1 Å². The quantitative estimate of drug-likeness (QED) is 0.506. The average Bonchev–Trinajstić information content (AvgIpc) is 2.69. The van der Waals surface area contributed by atoms with Crippen molar-refractivity contribution in [3.63, 3.8) is 0 Å². The third kappa shape index (κ3) is 5.36. The fourth-order valence-electron chi connectivity index (χ4n) is 2.37. The Balaban J connectivity index is 1.74. The van der Waals surface area contributed by atoms with Crippen LogP contribution in [0, 0.1) is 0 Å². The molecule has 1 heterocycles. The van der Waals surface area contributed by atoms with Crippen molar-refractivity contribution in [2.75, 3.05) is 4.72 Å². The Morgan fingerprint density at radius 3 is 2.34 bits per heavy atom. The number of azo groups is 1. The number of phenolic OH excluding ortho intramolecular Hbond substituents is 1. The Morgan fingerprint density at radius 2 is 1.69 bits per heavy atom. The monoisotopic (exact) mass is 412 g/mol. The van der Waals surface area contributed by atoms with Gasteiger partial charge in [-0.2, -0.15) is 10.2 Å². The summed E-state index contributed by atoms with van der Waals surface area (Å²) in [7, 11) is -3.79. The van der Waals surface area contributed by atoms with Gasteiger partial charge >= 0.3 is 5.97 Å². The van der Waals surface area contributed by atoms with Gasteiger partial charge < -0.3 is 10.2 Å². The van der Waals surface area contributed by atoms with Crippen molar-refractivity contribution < 1.29 is 23.4 Å². The lowest BCUT2D eigenvalue weighted by Gasteiger charge is -2.07. The molecule has 0 aliphatic rings. The number of aromatic hydroxyl groups is 1. The topological polar surface area (TPSA) is 141 Å². The number of hydrogen-bond donors (Lipinski definition) is 3. The number of benzene rings is 2. The second-order valence-electron chi connectivity index (χ2n) is 5.90. The summed E-state index contributed by atoms with van der Waals surface area (Å²) in [5, 5.41) is 26.5. The minimum atomic E-state index is -3.79.